The van der Waals surface area contributed by atoms with Crippen molar-refractivity contribution in [1.82, 2.24) is 0 Å². The van der Waals surface area contributed by atoms with Gasteiger partial charge in [0.2, 0.25) is 0 Å². The quantitative estimate of drug-likeness (QED) is 0.479. The molecule has 3 aromatic rings. The minimum atomic E-state index is -0.328. The van der Waals surface area contributed by atoms with Crippen molar-refractivity contribution in [3.63, 3.8) is 0 Å². The van der Waals surface area contributed by atoms with Gasteiger partial charge in [-0.05, 0) is 28.8 Å². The van der Waals surface area contributed by atoms with Crippen molar-refractivity contribution in [1.29, 1.82) is 0 Å². The molecule has 1 aliphatic carbocycles. The topological polar surface area (TPSA) is 47.9 Å². The average molecular weight is 438 g/mol. The van der Waals surface area contributed by atoms with Gasteiger partial charge in [0.1, 0.15) is 6.10 Å². The molecule has 0 saturated carbocycles. The Bertz CT molecular complexity index is 1250. The highest BCUT2D eigenvalue weighted by atomic mass is 16.6. The van der Waals surface area contributed by atoms with E-state index in [-0.39, 0.29) is 25.2 Å². The number of hydrogen-bond donors (Lipinski definition) is 0. The molecule has 2 atom stereocenters. The lowest BCUT2D eigenvalue weighted by molar-refractivity contribution is 0.0669. The maximum absolute atomic E-state index is 13.6. The van der Waals surface area contributed by atoms with E-state index < -0.39 is 0 Å². The number of carbonyl (C=O) groups excluding carboxylic acids is 1. The van der Waals surface area contributed by atoms with Gasteiger partial charge in [0, 0.05) is 36.6 Å². The summed E-state index contributed by atoms with van der Waals surface area (Å²) in [5, 5.41) is 4.34. The Balaban J connectivity index is 0.00000259. The van der Waals surface area contributed by atoms with E-state index in [1.807, 2.05) is 72.8 Å². The van der Waals surface area contributed by atoms with Crippen molar-refractivity contribution >= 4 is 11.5 Å². The number of fused-ring (bicyclic) bond motifs is 2. The number of Topliss-reactive ketones (excluding diaryl/α,β-unsaturated/α-hetero) is 1. The van der Waals surface area contributed by atoms with Crippen molar-refractivity contribution in [3.05, 3.63) is 106 Å². The van der Waals surface area contributed by atoms with Crippen molar-refractivity contribution < 1.29 is 14.4 Å². The highest BCUT2D eigenvalue weighted by molar-refractivity contribution is 6.04. The van der Waals surface area contributed by atoms with E-state index in [4.69, 9.17) is 9.57 Å². The van der Waals surface area contributed by atoms with Gasteiger partial charge in [-0.2, -0.15) is 0 Å². The van der Waals surface area contributed by atoms with Gasteiger partial charge in [-0.25, -0.2) is 0 Å². The lowest BCUT2D eigenvalue weighted by atomic mass is 9.81. The second-order valence-electron chi connectivity index (χ2n) is 8.13. The maximum Gasteiger partial charge on any atom is 0.171 e. The summed E-state index contributed by atoms with van der Waals surface area (Å²) in [7, 11) is 1.69. The zero-order valence-electron chi connectivity index (χ0n) is 17.9. The summed E-state index contributed by atoms with van der Waals surface area (Å²) in [6.45, 7) is 0.583. The van der Waals surface area contributed by atoms with Crippen LogP contribution in [0.4, 0.5) is 0 Å². The molecule has 1 aliphatic heterocycles. The molecular weight excluding hydrogens is 410 g/mol. The fourth-order valence-corrected chi connectivity index (χ4v) is 4.37. The molecule has 0 amide bonds. The number of benzene rings is 3. The molecule has 0 saturated heterocycles. The Morgan fingerprint density at radius 3 is 2.45 bits per heavy atom. The second kappa shape index (κ2) is 9.85. The van der Waals surface area contributed by atoms with Crippen LogP contribution in [0.15, 0.2) is 78.0 Å². The van der Waals surface area contributed by atoms with Crippen molar-refractivity contribution in [3.8, 4) is 11.8 Å². The molecule has 0 bridgehead atoms. The van der Waals surface area contributed by atoms with Gasteiger partial charge in [0.05, 0.1) is 18.2 Å². The molecule has 0 spiro atoms. The minimum Gasteiger partial charge on any atom is -0.392 e. The van der Waals surface area contributed by atoms with Crippen molar-refractivity contribution in [2.75, 3.05) is 7.11 Å². The summed E-state index contributed by atoms with van der Waals surface area (Å²) >= 11 is 0. The molecule has 0 radical (unpaired) electrons. The number of methoxy groups -OCH3 is 1. The first-order chi connectivity index (χ1) is 15.7. The van der Waals surface area contributed by atoms with Crippen LogP contribution in [0.1, 0.15) is 64.4 Å². The molecule has 5 rings (SSSR count). The first kappa shape index (κ1) is 22.5. The number of ketones is 1. The molecule has 166 valence electrons. The molecule has 33 heavy (non-hydrogen) atoms. The number of ether oxygens (including phenoxy) is 1. The van der Waals surface area contributed by atoms with Crippen LogP contribution in [-0.2, 0) is 16.2 Å². The predicted octanol–water partition coefficient (Wildman–Crippen LogP) is 5.73. The van der Waals surface area contributed by atoms with Crippen LogP contribution < -0.4 is 0 Å². The van der Waals surface area contributed by atoms with E-state index >= 15 is 0 Å². The van der Waals surface area contributed by atoms with Crippen molar-refractivity contribution in [2.45, 2.75) is 38.9 Å². The minimum absolute atomic E-state index is 0. The van der Waals surface area contributed by atoms with Crippen molar-refractivity contribution in [2.24, 2.45) is 5.16 Å². The van der Waals surface area contributed by atoms with Gasteiger partial charge in [0.15, 0.2) is 5.78 Å². The highest BCUT2D eigenvalue weighted by Crippen LogP contribution is 2.34. The zero-order chi connectivity index (χ0) is 21.9. The third kappa shape index (κ3) is 4.60. The van der Waals surface area contributed by atoms with Gasteiger partial charge < -0.3 is 9.57 Å². The largest absolute Gasteiger partial charge is 0.392 e. The molecule has 0 aromatic heterocycles. The molecule has 4 heteroatoms. The zero-order valence-corrected chi connectivity index (χ0v) is 17.9. The standard InChI is InChI=1S/C28H23NO3.CH4/c1-31-18-19-10-12-22(13-11-19)27-17-23(32-29-27)16-26-24-8-4-2-6-20(24)14-15-21-7-3-5-9-25(21)28(26)30;/h2-13,23,26H,16-18H2,1H3;1H4. The number of rotatable bonds is 5. The first-order valence-electron chi connectivity index (χ1n) is 10.8. The molecule has 2 unspecified atom stereocenters. The summed E-state index contributed by atoms with van der Waals surface area (Å²) in [5.74, 6) is 6.20. The molecule has 0 fully saturated rings. The Labute approximate surface area is 195 Å². The third-order valence-electron chi connectivity index (χ3n) is 6.01. The summed E-state index contributed by atoms with van der Waals surface area (Å²) in [6.07, 6.45) is 1.06. The van der Waals surface area contributed by atoms with E-state index in [1.54, 1.807) is 7.11 Å². The SMILES string of the molecule is C.COCc1ccc(C2=NOC(CC3C(=O)c4ccccc4C#Cc4ccccc43)C2)cc1. The maximum atomic E-state index is 13.6. The Kier molecular flexibility index (Phi) is 6.72. The summed E-state index contributed by atoms with van der Waals surface area (Å²) < 4.78 is 5.18. The van der Waals surface area contributed by atoms with E-state index in [0.717, 1.165) is 33.5 Å². The van der Waals surface area contributed by atoms with E-state index in [1.165, 1.54) is 0 Å². The number of nitrogens with zero attached hydrogens (tertiary/aromatic N) is 1. The van der Waals surface area contributed by atoms with Crippen LogP contribution >= 0.6 is 0 Å². The number of carbonyl (C=O) groups is 1. The second-order valence-corrected chi connectivity index (χ2v) is 8.13. The van der Waals surface area contributed by atoms with Crippen LogP contribution in [-0.4, -0.2) is 24.7 Å². The number of hydrogen-bond acceptors (Lipinski definition) is 4. The summed E-state index contributed by atoms with van der Waals surface area (Å²) in [4.78, 5) is 19.4. The fourth-order valence-electron chi connectivity index (χ4n) is 4.37. The van der Waals surface area contributed by atoms with Crippen LogP contribution in [0.2, 0.25) is 0 Å². The van der Waals surface area contributed by atoms with Gasteiger partial charge in [-0.3, -0.25) is 4.79 Å². The van der Waals surface area contributed by atoms with Gasteiger partial charge in [-0.1, -0.05) is 85.1 Å². The van der Waals surface area contributed by atoms with E-state index in [0.29, 0.717) is 25.0 Å². The molecule has 0 N–H and O–H groups in total. The average Bonchev–Trinajstić information content (AvgIpc) is 3.30. The lowest BCUT2D eigenvalue weighted by Crippen LogP contribution is -2.22. The Morgan fingerprint density at radius 2 is 1.67 bits per heavy atom. The van der Waals surface area contributed by atoms with Gasteiger partial charge >= 0.3 is 0 Å². The Morgan fingerprint density at radius 1 is 0.970 bits per heavy atom. The molecule has 3 aromatic carbocycles. The normalized spacial score (nSPS) is 18.3. The highest BCUT2D eigenvalue weighted by Gasteiger charge is 2.33. The predicted molar refractivity (Wildman–Crippen MR) is 130 cm³/mol. The van der Waals surface area contributed by atoms with Crippen LogP contribution in [0.3, 0.4) is 0 Å². The van der Waals surface area contributed by atoms with Crippen LogP contribution in [0.25, 0.3) is 0 Å². The number of oxime groups is 1. The first-order valence-corrected chi connectivity index (χ1v) is 10.8. The lowest BCUT2D eigenvalue weighted by Gasteiger charge is -2.22. The molecular formula is C29H27NO3. The Hall–Kier alpha value is -3.68. The monoisotopic (exact) mass is 437 g/mol. The smallest absolute Gasteiger partial charge is 0.171 e. The van der Waals surface area contributed by atoms with E-state index in [2.05, 4.69) is 17.0 Å². The third-order valence-corrected chi connectivity index (χ3v) is 6.01. The summed E-state index contributed by atoms with van der Waals surface area (Å²) in [6, 6.07) is 23.7. The van der Waals surface area contributed by atoms with Crippen LogP contribution in [0, 0.1) is 11.8 Å². The van der Waals surface area contributed by atoms with Crippen LogP contribution in [0.5, 0.6) is 0 Å². The molecule has 4 nitrogen and oxygen atoms in total. The van der Waals surface area contributed by atoms with Gasteiger partial charge in [-0.15, -0.1) is 0 Å². The fraction of sp³-hybridized carbons (Fsp3) is 0.241. The molecule has 1 heterocycles. The van der Waals surface area contributed by atoms with E-state index in [9.17, 15) is 4.79 Å². The molecule has 2 aliphatic rings. The summed E-state index contributed by atoms with van der Waals surface area (Å²) in [5.41, 5.74) is 6.36. The van der Waals surface area contributed by atoms with Gasteiger partial charge in [0.25, 0.3) is 0 Å².